The summed E-state index contributed by atoms with van der Waals surface area (Å²) in [4.78, 5) is 17.5. The van der Waals surface area contributed by atoms with Crippen molar-refractivity contribution in [2.75, 3.05) is 5.32 Å². The molecule has 1 heterocycles. The lowest BCUT2D eigenvalue weighted by Crippen LogP contribution is -2.11. The zero-order valence-electron chi connectivity index (χ0n) is 11.7. The highest BCUT2D eigenvalue weighted by molar-refractivity contribution is 7.15. The van der Waals surface area contributed by atoms with Crippen molar-refractivity contribution in [3.05, 3.63) is 46.0 Å². The Labute approximate surface area is 117 Å². The van der Waals surface area contributed by atoms with E-state index in [4.69, 9.17) is 0 Å². The number of benzene rings is 1. The molecule has 1 N–H and O–H groups in total. The van der Waals surface area contributed by atoms with Crippen LogP contribution in [0.15, 0.2) is 24.3 Å². The molecule has 1 aromatic carbocycles. The van der Waals surface area contributed by atoms with Gasteiger partial charge < -0.3 is 0 Å². The first kappa shape index (κ1) is 13.7. The SMILES string of the molecule is Cc1nc(NC(=O)c2ccc(C(C)C)cc2)sc1C. The van der Waals surface area contributed by atoms with Crippen LogP contribution in [-0.4, -0.2) is 10.9 Å². The zero-order chi connectivity index (χ0) is 14.0. The fourth-order valence-corrected chi connectivity index (χ4v) is 2.52. The van der Waals surface area contributed by atoms with Crippen LogP contribution < -0.4 is 5.32 Å². The summed E-state index contributed by atoms with van der Waals surface area (Å²) in [5.74, 6) is 0.366. The number of hydrogen-bond donors (Lipinski definition) is 1. The van der Waals surface area contributed by atoms with Crippen molar-refractivity contribution in [2.45, 2.75) is 33.6 Å². The molecular weight excluding hydrogens is 256 g/mol. The Hall–Kier alpha value is -1.68. The number of aromatic nitrogens is 1. The minimum atomic E-state index is -0.107. The van der Waals surface area contributed by atoms with Gasteiger partial charge in [-0.15, -0.1) is 11.3 Å². The maximum absolute atomic E-state index is 12.1. The number of carbonyl (C=O) groups is 1. The van der Waals surface area contributed by atoms with Gasteiger partial charge in [0.15, 0.2) is 5.13 Å². The predicted octanol–water partition coefficient (Wildman–Crippen LogP) is 4.14. The van der Waals surface area contributed by atoms with Crippen LogP contribution >= 0.6 is 11.3 Å². The van der Waals surface area contributed by atoms with Crippen LogP contribution in [0.5, 0.6) is 0 Å². The van der Waals surface area contributed by atoms with Crippen LogP contribution in [0.25, 0.3) is 0 Å². The van der Waals surface area contributed by atoms with Gasteiger partial charge in [0.2, 0.25) is 0 Å². The van der Waals surface area contributed by atoms with E-state index in [0.717, 1.165) is 10.6 Å². The van der Waals surface area contributed by atoms with Gasteiger partial charge in [0.05, 0.1) is 5.69 Å². The van der Waals surface area contributed by atoms with Crippen molar-refractivity contribution in [1.29, 1.82) is 0 Å². The maximum Gasteiger partial charge on any atom is 0.257 e. The van der Waals surface area contributed by atoms with Gasteiger partial charge in [-0.1, -0.05) is 26.0 Å². The monoisotopic (exact) mass is 274 g/mol. The predicted molar refractivity (Wildman–Crippen MR) is 80.1 cm³/mol. The second-order valence-electron chi connectivity index (χ2n) is 4.89. The topological polar surface area (TPSA) is 42.0 Å². The summed E-state index contributed by atoms with van der Waals surface area (Å²) < 4.78 is 0. The van der Waals surface area contributed by atoms with Crippen molar-refractivity contribution in [2.24, 2.45) is 0 Å². The Kier molecular flexibility index (Phi) is 4.00. The number of aryl methyl sites for hydroxylation is 2. The molecule has 0 aliphatic heterocycles. The van der Waals surface area contributed by atoms with Crippen LogP contribution in [0.1, 0.15) is 46.3 Å². The molecule has 0 radical (unpaired) electrons. The molecule has 0 saturated heterocycles. The average Bonchev–Trinajstić information content (AvgIpc) is 2.68. The van der Waals surface area contributed by atoms with Gasteiger partial charge in [0, 0.05) is 10.4 Å². The molecule has 19 heavy (non-hydrogen) atoms. The molecule has 0 fully saturated rings. The van der Waals surface area contributed by atoms with Crippen LogP contribution in [0.4, 0.5) is 5.13 Å². The third-order valence-electron chi connectivity index (χ3n) is 3.09. The van der Waals surface area contributed by atoms with Gasteiger partial charge in [0.25, 0.3) is 5.91 Å². The number of amides is 1. The highest BCUT2D eigenvalue weighted by atomic mass is 32.1. The van der Waals surface area contributed by atoms with E-state index in [-0.39, 0.29) is 5.91 Å². The van der Waals surface area contributed by atoms with Crippen LogP contribution in [0, 0.1) is 13.8 Å². The van der Waals surface area contributed by atoms with Crippen molar-refractivity contribution in [1.82, 2.24) is 4.98 Å². The molecule has 1 aromatic heterocycles. The normalized spacial score (nSPS) is 10.8. The molecule has 0 atom stereocenters. The Morgan fingerprint density at radius 2 is 1.84 bits per heavy atom. The van der Waals surface area contributed by atoms with Gasteiger partial charge >= 0.3 is 0 Å². The lowest BCUT2D eigenvalue weighted by Gasteiger charge is -2.06. The summed E-state index contributed by atoms with van der Waals surface area (Å²) in [6.45, 7) is 8.21. The molecule has 0 saturated carbocycles. The number of nitrogens with zero attached hydrogens (tertiary/aromatic N) is 1. The molecule has 0 unspecified atom stereocenters. The molecule has 0 aliphatic carbocycles. The number of hydrogen-bond acceptors (Lipinski definition) is 3. The van der Waals surface area contributed by atoms with Gasteiger partial charge in [-0.2, -0.15) is 0 Å². The highest BCUT2D eigenvalue weighted by Crippen LogP contribution is 2.22. The third-order valence-corrected chi connectivity index (χ3v) is 4.08. The minimum absolute atomic E-state index is 0.107. The second kappa shape index (κ2) is 5.53. The molecule has 3 nitrogen and oxygen atoms in total. The fraction of sp³-hybridized carbons (Fsp3) is 0.333. The second-order valence-corrected chi connectivity index (χ2v) is 6.09. The van der Waals surface area contributed by atoms with Crippen molar-refractivity contribution in [3.63, 3.8) is 0 Å². The standard InChI is InChI=1S/C15H18N2OS/c1-9(2)12-5-7-13(8-6-12)14(18)17-15-16-10(3)11(4)19-15/h5-9H,1-4H3,(H,16,17,18). The largest absolute Gasteiger partial charge is 0.298 e. The molecule has 4 heteroatoms. The summed E-state index contributed by atoms with van der Waals surface area (Å²) in [6.07, 6.45) is 0. The molecule has 0 bridgehead atoms. The third kappa shape index (κ3) is 3.20. The molecule has 1 amide bonds. The van der Waals surface area contributed by atoms with E-state index in [0.29, 0.717) is 16.6 Å². The van der Waals surface area contributed by atoms with Gasteiger partial charge in [0.1, 0.15) is 0 Å². The quantitative estimate of drug-likeness (QED) is 0.914. The Balaban J connectivity index is 2.11. The average molecular weight is 274 g/mol. The van der Waals surface area contributed by atoms with E-state index in [2.05, 4.69) is 24.1 Å². The number of thiazole rings is 1. The summed E-state index contributed by atoms with van der Waals surface area (Å²) in [5.41, 5.74) is 2.86. The lowest BCUT2D eigenvalue weighted by atomic mass is 10.0. The number of rotatable bonds is 3. The van der Waals surface area contributed by atoms with E-state index < -0.39 is 0 Å². The van der Waals surface area contributed by atoms with Crippen LogP contribution in [-0.2, 0) is 0 Å². The van der Waals surface area contributed by atoms with Crippen molar-refractivity contribution >= 4 is 22.4 Å². The van der Waals surface area contributed by atoms with Crippen molar-refractivity contribution in [3.8, 4) is 0 Å². The molecule has 0 spiro atoms. The van der Waals surface area contributed by atoms with Crippen LogP contribution in [0.3, 0.4) is 0 Å². The van der Waals surface area contributed by atoms with E-state index in [1.165, 1.54) is 16.9 Å². The number of anilines is 1. The van der Waals surface area contributed by atoms with E-state index in [1.807, 2.05) is 38.1 Å². The van der Waals surface area contributed by atoms with Crippen LogP contribution in [0.2, 0.25) is 0 Å². The van der Waals surface area contributed by atoms with E-state index in [9.17, 15) is 4.79 Å². The van der Waals surface area contributed by atoms with E-state index >= 15 is 0 Å². The Morgan fingerprint density at radius 3 is 2.32 bits per heavy atom. The summed E-state index contributed by atoms with van der Waals surface area (Å²) in [5, 5.41) is 3.50. The first-order chi connectivity index (χ1) is 8.97. The first-order valence-corrected chi connectivity index (χ1v) is 7.14. The first-order valence-electron chi connectivity index (χ1n) is 6.32. The molecule has 100 valence electrons. The smallest absolute Gasteiger partial charge is 0.257 e. The zero-order valence-corrected chi connectivity index (χ0v) is 12.5. The van der Waals surface area contributed by atoms with Crippen molar-refractivity contribution < 1.29 is 4.79 Å². The Bertz CT molecular complexity index is 565. The Morgan fingerprint density at radius 1 is 1.21 bits per heavy atom. The number of nitrogens with one attached hydrogen (secondary N) is 1. The maximum atomic E-state index is 12.1. The fourth-order valence-electron chi connectivity index (χ4n) is 1.71. The molecule has 0 aliphatic rings. The molecule has 2 rings (SSSR count). The lowest BCUT2D eigenvalue weighted by molar-refractivity contribution is 0.102. The van der Waals surface area contributed by atoms with Gasteiger partial charge in [-0.05, 0) is 37.5 Å². The van der Waals surface area contributed by atoms with Gasteiger partial charge in [-0.3, -0.25) is 10.1 Å². The molecule has 2 aromatic rings. The van der Waals surface area contributed by atoms with E-state index in [1.54, 1.807) is 0 Å². The summed E-state index contributed by atoms with van der Waals surface area (Å²) >= 11 is 1.50. The van der Waals surface area contributed by atoms with Gasteiger partial charge in [-0.25, -0.2) is 4.98 Å². The highest BCUT2D eigenvalue weighted by Gasteiger charge is 2.10. The minimum Gasteiger partial charge on any atom is -0.298 e. The summed E-state index contributed by atoms with van der Waals surface area (Å²) in [6, 6.07) is 7.71. The summed E-state index contributed by atoms with van der Waals surface area (Å²) in [7, 11) is 0. The molecular formula is C15H18N2OS. The number of carbonyl (C=O) groups excluding carboxylic acids is 1.